The summed E-state index contributed by atoms with van der Waals surface area (Å²) in [4.78, 5) is 23.7. The van der Waals surface area contributed by atoms with Crippen LogP contribution in [0.2, 0.25) is 0 Å². The first-order chi connectivity index (χ1) is 10.6. The van der Waals surface area contributed by atoms with Crippen molar-refractivity contribution >= 4 is 17.5 Å². The molecular weight excluding hydrogens is 278 g/mol. The minimum Gasteiger partial charge on any atom is -0.369 e. The zero-order valence-electron chi connectivity index (χ0n) is 12.7. The highest BCUT2D eigenvalue weighted by molar-refractivity contribution is 5.96. The second-order valence-corrected chi connectivity index (χ2v) is 6.52. The standard InChI is InChI=1S/C17H23N3O2/c18-15(21)9-12-4-6-14(7-5-12)20-16(22)17-8-2-1-3-13(17)10-19-11-17/h4-7,13,19H,1-3,8-11H2,(H2,18,21)(H,20,22)/t13-,17+/m0/s1. The molecule has 2 fully saturated rings. The van der Waals surface area contributed by atoms with E-state index < -0.39 is 0 Å². The summed E-state index contributed by atoms with van der Waals surface area (Å²) in [6, 6.07) is 7.35. The van der Waals surface area contributed by atoms with E-state index in [1.54, 1.807) is 0 Å². The van der Waals surface area contributed by atoms with Gasteiger partial charge in [-0.05, 0) is 43.0 Å². The maximum atomic E-state index is 12.8. The SMILES string of the molecule is NC(=O)Cc1ccc(NC(=O)[C@@]23CCCC[C@H]2CNC3)cc1. The second kappa shape index (κ2) is 6.08. The average molecular weight is 301 g/mol. The molecule has 2 amide bonds. The fourth-order valence-electron chi connectivity index (χ4n) is 3.85. The third-order valence-corrected chi connectivity index (χ3v) is 5.08. The van der Waals surface area contributed by atoms with Crippen LogP contribution in [0.1, 0.15) is 31.2 Å². The fraction of sp³-hybridized carbons (Fsp3) is 0.529. The molecule has 3 rings (SSSR count). The summed E-state index contributed by atoms with van der Waals surface area (Å²) in [5.41, 5.74) is 6.58. The Bertz CT molecular complexity index is 570. The van der Waals surface area contributed by atoms with Crippen LogP contribution in [0.25, 0.3) is 0 Å². The van der Waals surface area contributed by atoms with Crippen molar-refractivity contribution < 1.29 is 9.59 Å². The molecule has 5 nitrogen and oxygen atoms in total. The molecule has 1 saturated carbocycles. The first kappa shape index (κ1) is 15.0. The van der Waals surface area contributed by atoms with Gasteiger partial charge >= 0.3 is 0 Å². The molecule has 2 aliphatic rings. The Morgan fingerprint density at radius 1 is 1.27 bits per heavy atom. The fourth-order valence-corrected chi connectivity index (χ4v) is 3.85. The molecule has 0 radical (unpaired) electrons. The molecule has 2 atom stereocenters. The Labute approximate surface area is 130 Å². The van der Waals surface area contributed by atoms with Gasteiger partial charge in [0, 0.05) is 12.2 Å². The number of hydrogen-bond donors (Lipinski definition) is 3. The van der Waals surface area contributed by atoms with Crippen LogP contribution in [-0.2, 0) is 16.0 Å². The maximum absolute atomic E-state index is 12.8. The lowest BCUT2D eigenvalue weighted by Gasteiger charge is -2.37. The van der Waals surface area contributed by atoms with Gasteiger partial charge in [0.2, 0.25) is 11.8 Å². The van der Waals surface area contributed by atoms with Gasteiger partial charge in [-0.2, -0.15) is 0 Å². The summed E-state index contributed by atoms with van der Waals surface area (Å²) in [6.45, 7) is 1.73. The van der Waals surface area contributed by atoms with Gasteiger partial charge in [-0.15, -0.1) is 0 Å². The van der Waals surface area contributed by atoms with E-state index in [4.69, 9.17) is 5.73 Å². The van der Waals surface area contributed by atoms with Gasteiger partial charge in [0.05, 0.1) is 11.8 Å². The van der Waals surface area contributed by atoms with Crippen molar-refractivity contribution in [1.82, 2.24) is 5.32 Å². The number of anilines is 1. The van der Waals surface area contributed by atoms with Crippen molar-refractivity contribution in [3.8, 4) is 0 Å². The van der Waals surface area contributed by atoms with Gasteiger partial charge in [0.15, 0.2) is 0 Å². The zero-order chi connectivity index (χ0) is 15.6. The number of fused-ring (bicyclic) bond motifs is 1. The first-order valence-electron chi connectivity index (χ1n) is 7.99. The molecule has 0 bridgehead atoms. The molecule has 5 heteroatoms. The quantitative estimate of drug-likeness (QED) is 0.786. The Morgan fingerprint density at radius 2 is 2.05 bits per heavy atom. The van der Waals surface area contributed by atoms with E-state index >= 15 is 0 Å². The Balaban J connectivity index is 1.69. The van der Waals surface area contributed by atoms with Crippen molar-refractivity contribution in [3.05, 3.63) is 29.8 Å². The van der Waals surface area contributed by atoms with Crippen molar-refractivity contribution in [3.63, 3.8) is 0 Å². The second-order valence-electron chi connectivity index (χ2n) is 6.52. The Hall–Kier alpha value is -1.88. The van der Waals surface area contributed by atoms with Crippen LogP contribution < -0.4 is 16.4 Å². The number of hydrogen-bond acceptors (Lipinski definition) is 3. The van der Waals surface area contributed by atoms with Gasteiger partial charge in [-0.1, -0.05) is 25.0 Å². The van der Waals surface area contributed by atoms with Crippen LogP contribution >= 0.6 is 0 Å². The van der Waals surface area contributed by atoms with Gasteiger partial charge in [-0.3, -0.25) is 9.59 Å². The molecule has 1 aromatic rings. The highest BCUT2D eigenvalue weighted by Gasteiger charge is 2.49. The molecule has 0 unspecified atom stereocenters. The highest BCUT2D eigenvalue weighted by atomic mass is 16.2. The van der Waals surface area contributed by atoms with Crippen molar-refractivity contribution in [2.45, 2.75) is 32.1 Å². The lowest BCUT2D eigenvalue weighted by molar-refractivity contribution is -0.128. The Kier molecular flexibility index (Phi) is 4.16. The molecule has 22 heavy (non-hydrogen) atoms. The number of amides is 2. The molecule has 1 saturated heterocycles. The van der Waals surface area contributed by atoms with Gasteiger partial charge in [0.25, 0.3) is 0 Å². The lowest BCUT2D eigenvalue weighted by atomic mass is 9.67. The van der Waals surface area contributed by atoms with E-state index in [0.717, 1.165) is 43.6 Å². The summed E-state index contributed by atoms with van der Waals surface area (Å²) in [5.74, 6) is 0.234. The van der Waals surface area contributed by atoms with Crippen molar-refractivity contribution in [1.29, 1.82) is 0 Å². The summed E-state index contributed by atoms with van der Waals surface area (Å²) in [5, 5.41) is 6.45. The predicted octanol–water partition coefficient (Wildman–Crippen LogP) is 1.43. The number of rotatable bonds is 4. The monoisotopic (exact) mass is 301 g/mol. The van der Waals surface area contributed by atoms with Crippen LogP contribution in [0.5, 0.6) is 0 Å². The van der Waals surface area contributed by atoms with Crippen molar-refractivity contribution in [2.75, 3.05) is 18.4 Å². The largest absolute Gasteiger partial charge is 0.369 e. The third kappa shape index (κ3) is 2.86. The van der Waals surface area contributed by atoms with Crippen molar-refractivity contribution in [2.24, 2.45) is 17.1 Å². The van der Waals surface area contributed by atoms with Crippen LogP contribution in [0.4, 0.5) is 5.69 Å². The smallest absolute Gasteiger partial charge is 0.232 e. The van der Waals surface area contributed by atoms with Crippen LogP contribution in [0, 0.1) is 11.3 Å². The summed E-state index contributed by atoms with van der Waals surface area (Å²) in [7, 11) is 0. The molecule has 1 aliphatic carbocycles. The predicted molar refractivity (Wildman–Crippen MR) is 85.2 cm³/mol. The van der Waals surface area contributed by atoms with Gasteiger partial charge in [0.1, 0.15) is 0 Å². The first-order valence-corrected chi connectivity index (χ1v) is 7.99. The van der Waals surface area contributed by atoms with Crippen LogP contribution in [0.3, 0.4) is 0 Å². The molecule has 1 aromatic carbocycles. The summed E-state index contributed by atoms with van der Waals surface area (Å²) >= 11 is 0. The topological polar surface area (TPSA) is 84.2 Å². The number of primary amides is 1. The van der Waals surface area contributed by atoms with E-state index in [2.05, 4.69) is 10.6 Å². The average Bonchev–Trinajstić information content (AvgIpc) is 2.94. The number of carbonyl (C=O) groups excluding carboxylic acids is 2. The maximum Gasteiger partial charge on any atom is 0.232 e. The van der Waals surface area contributed by atoms with Gasteiger partial charge in [-0.25, -0.2) is 0 Å². The van der Waals surface area contributed by atoms with Gasteiger partial charge < -0.3 is 16.4 Å². The van der Waals surface area contributed by atoms with E-state index in [1.165, 1.54) is 6.42 Å². The van der Waals surface area contributed by atoms with E-state index in [-0.39, 0.29) is 23.7 Å². The molecule has 0 aromatic heterocycles. The third-order valence-electron chi connectivity index (χ3n) is 5.08. The number of nitrogens with one attached hydrogen (secondary N) is 2. The highest BCUT2D eigenvalue weighted by Crippen LogP contribution is 2.44. The van der Waals surface area contributed by atoms with E-state index in [0.29, 0.717) is 5.92 Å². The minimum absolute atomic E-state index is 0.129. The van der Waals surface area contributed by atoms with E-state index in [1.807, 2.05) is 24.3 Å². The lowest BCUT2D eigenvalue weighted by Crippen LogP contribution is -2.44. The zero-order valence-corrected chi connectivity index (χ0v) is 12.7. The van der Waals surface area contributed by atoms with Crippen LogP contribution in [0.15, 0.2) is 24.3 Å². The normalized spacial score (nSPS) is 27.2. The number of carbonyl (C=O) groups is 2. The minimum atomic E-state index is -0.349. The molecule has 1 heterocycles. The molecule has 0 spiro atoms. The molecule has 1 aliphatic heterocycles. The number of benzene rings is 1. The molecular formula is C17H23N3O2. The van der Waals surface area contributed by atoms with E-state index in [9.17, 15) is 9.59 Å². The Morgan fingerprint density at radius 3 is 2.77 bits per heavy atom. The summed E-state index contributed by atoms with van der Waals surface area (Å²) in [6.07, 6.45) is 4.69. The van der Waals surface area contributed by atoms with Crippen LogP contribution in [-0.4, -0.2) is 24.9 Å². The number of nitrogens with two attached hydrogens (primary N) is 1. The molecule has 4 N–H and O–H groups in total. The molecule has 118 valence electrons. The summed E-state index contributed by atoms with van der Waals surface area (Å²) < 4.78 is 0.